The van der Waals surface area contributed by atoms with Crippen LogP contribution >= 0.6 is 0 Å². The summed E-state index contributed by atoms with van der Waals surface area (Å²) in [7, 11) is 0. The highest BCUT2D eigenvalue weighted by Gasteiger charge is 2.19. The Labute approximate surface area is 168 Å². The number of ether oxygens (including phenoxy) is 2. The number of phenolic OH excluding ortho intramolecular Hbond substituents is 1. The van der Waals surface area contributed by atoms with E-state index in [0.717, 1.165) is 31.3 Å². The first-order chi connectivity index (χ1) is 14.2. The zero-order valence-electron chi connectivity index (χ0n) is 16.1. The van der Waals surface area contributed by atoms with Crippen molar-refractivity contribution < 1.29 is 19.0 Å². The van der Waals surface area contributed by atoms with Crippen LogP contribution in [-0.2, 0) is 6.54 Å². The summed E-state index contributed by atoms with van der Waals surface area (Å²) in [5, 5.41) is 11.3. The fourth-order valence-electron chi connectivity index (χ4n) is 4.17. The van der Waals surface area contributed by atoms with Gasteiger partial charge in [0.2, 0.25) is 6.79 Å². The fourth-order valence-corrected chi connectivity index (χ4v) is 4.17. The summed E-state index contributed by atoms with van der Waals surface area (Å²) < 4.78 is 16.5. The van der Waals surface area contributed by atoms with Gasteiger partial charge < -0.3 is 19.0 Å². The van der Waals surface area contributed by atoms with Crippen molar-refractivity contribution in [3.63, 3.8) is 0 Å². The molecule has 6 nitrogen and oxygen atoms in total. The first kappa shape index (κ1) is 18.1. The zero-order valence-corrected chi connectivity index (χ0v) is 16.1. The number of hydrogen-bond donors (Lipinski definition) is 1. The molecule has 0 spiro atoms. The number of likely N-dealkylation sites (tertiary alicyclic amines) is 1. The van der Waals surface area contributed by atoms with Crippen molar-refractivity contribution in [1.29, 1.82) is 0 Å². The molecule has 0 saturated carbocycles. The van der Waals surface area contributed by atoms with Crippen LogP contribution in [0, 0.1) is 0 Å². The van der Waals surface area contributed by atoms with Crippen LogP contribution in [0.3, 0.4) is 0 Å². The lowest BCUT2D eigenvalue weighted by Crippen LogP contribution is -2.24. The largest absolute Gasteiger partial charge is 0.507 e. The van der Waals surface area contributed by atoms with E-state index in [9.17, 15) is 9.90 Å². The summed E-state index contributed by atoms with van der Waals surface area (Å²) in [6.45, 7) is 2.75. The summed E-state index contributed by atoms with van der Waals surface area (Å²) in [6, 6.07) is 10.7. The van der Waals surface area contributed by atoms with Gasteiger partial charge in [-0.05, 0) is 61.8 Å². The Morgan fingerprint density at radius 1 is 0.931 bits per heavy atom. The van der Waals surface area contributed by atoms with Crippen molar-refractivity contribution in [2.24, 2.45) is 0 Å². The molecule has 2 aliphatic heterocycles. The third kappa shape index (κ3) is 3.44. The lowest BCUT2D eigenvalue weighted by atomic mass is 10.0. The van der Waals surface area contributed by atoms with Crippen LogP contribution in [0.25, 0.3) is 22.1 Å². The van der Waals surface area contributed by atoms with E-state index in [-0.39, 0.29) is 12.5 Å². The molecular formula is C23H23NO5. The van der Waals surface area contributed by atoms with Crippen molar-refractivity contribution in [1.82, 2.24) is 4.90 Å². The summed E-state index contributed by atoms with van der Waals surface area (Å²) in [5.74, 6) is 1.46. The molecular weight excluding hydrogens is 370 g/mol. The molecule has 0 radical (unpaired) electrons. The molecule has 1 fully saturated rings. The van der Waals surface area contributed by atoms with Gasteiger partial charge in [0.25, 0.3) is 0 Å². The minimum atomic E-state index is -0.431. The Bertz CT molecular complexity index is 1110. The van der Waals surface area contributed by atoms with Gasteiger partial charge in [-0.2, -0.15) is 0 Å². The minimum absolute atomic E-state index is 0.167. The number of nitrogens with zero attached hydrogens (tertiary/aromatic N) is 1. The van der Waals surface area contributed by atoms with E-state index in [2.05, 4.69) is 4.90 Å². The van der Waals surface area contributed by atoms with E-state index in [1.807, 2.05) is 12.1 Å². The average molecular weight is 393 g/mol. The molecule has 1 saturated heterocycles. The van der Waals surface area contributed by atoms with Crippen LogP contribution in [0.2, 0.25) is 0 Å². The van der Waals surface area contributed by atoms with Gasteiger partial charge in [0, 0.05) is 11.9 Å². The normalized spacial score (nSPS) is 16.8. The maximum absolute atomic E-state index is 12.8. The highest BCUT2D eigenvalue weighted by atomic mass is 16.7. The minimum Gasteiger partial charge on any atom is -0.507 e. The fraction of sp³-hybridized carbons (Fsp3) is 0.348. The third-order valence-corrected chi connectivity index (χ3v) is 5.74. The second kappa shape index (κ2) is 7.44. The van der Waals surface area contributed by atoms with E-state index < -0.39 is 5.63 Å². The predicted octanol–water partition coefficient (Wildman–Crippen LogP) is 4.27. The van der Waals surface area contributed by atoms with E-state index in [4.69, 9.17) is 13.9 Å². The van der Waals surface area contributed by atoms with Crippen LogP contribution < -0.4 is 15.1 Å². The number of fused-ring (bicyclic) bond motifs is 2. The summed E-state index contributed by atoms with van der Waals surface area (Å²) in [4.78, 5) is 15.1. The molecule has 0 bridgehead atoms. The Hall–Kier alpha value is -2.99. The average Bonchev–Trinajstić information content (AvgIpc) is 3.04. The molecule has 29 heavy (non-hydrogen) atoms. The quantitative estimate of drug-likeness (QED) is 0.670. The van der Waals surface area contributed by atoms with E-state index in [0.29, 0.717) is 40.3 Å². The molecule has 1 aromatic heterocycles. The smallest absolute Gasteiger partial charge is 0.344 e. The predicted molar refractivity (Wildman–Crippen MR) is 109 cm³/mol. The lowest BCUT2D eigenvalue weighted by molar-refractivity contribution is 0.174. The van der Waals surface area contributed by atoms with E-state index in [1.54, 1.807) is 24.3 Å². The standard InChI is InChI=1S/C23H23NO5/c25-19-7-5-16-11-17(15-6-8-20-21(12-15)28-14-27-20)23(26)29-22(16)18(19)13-24-9-3-1-2-4-10-24/h5-8,11-12,25H,1-4,9-10,13-14H2. The van der Waals surface area contributed by atoms with Crippen molar-refractivity contribution in [3.05, 3.63) is 52.4 Å². The molecule has 3 heterocycles. The van der Waals surface area contributed by atoms with Gasteiger partial charge in [0.05, 0.1) is 11.1 Å². The number of benzene rings is 2. The molecule has 1 N–H and O–H groups in total. The molecule has 3 aromatic rings. The lowest BCUT2D eigenvalue weighted by Gasteiger charge is -2.21. The first-order valence-electron chi connectivity index (χ1n) is 10.1. The Morgan fingerprint density at radius 3 is 2.55 bits per heavy atom. The molecule has 150 valence electrons. The maximum Gasteiger partial charge on any atom is 0.344 e. The first-order valence-corrected chi connectivity index (χ1v) is 10.1. The van der Waals surface area contributed by atoms with Crippen LogP contribution in [-0.4, -0.2) is 29.9 Å². The maximum atomic E-state index is 12.8. The van der Waals surface area contributed by atoms with Crippen LogP contribution in [0.4, 0.5) is 0 Å². The Balaban J connectivity index is 1.55. The molecule has 0 unspecified atom stereocenters. The summed E-state index contributed by atoms with van der Waals surface area (Å²) >= 11 is 0. The van der Waals surface area contributed by atoms with Crippen molar-refractivity contribution >= 4 is 11.0 Å². The molecule has 0 amide bonds. The van der Waals surface area contributed by atoms with Crippen LogP contribution in [0.5, 0.6) is 17.2 Å². The van der Waals surface area contributed by atoms with Crippen molar-refractivity contribution in [2.45, 2.75) is 32.2 Å². The van der Waals surface area contributed by atoms with Gasteiger partial charge >= 0.3 is 5.63 Å². The van der Waals surface area contributed by atoms with Crippen LogP contribution in [0.1, 0.15) is 31.2 Å². The summed E-state index contributed by atoms with van der Waals surface area (Å²) in [6.07, 6.45) is 4.80. The Kier molecular flexibility index (Phi) is 4.64. The van der Waals surface area contributed by atoms with Gasteiger partial charge in [-0.3, -0.25) is 4.90 Å². The molecule has 2 aromatic carbocycles. The zero-order chi connectivity index (χ0) is 19.8. The summed E-state index contributed by atoms with van der Waals surface area (Å²) in [5.41, 5.74) is 1.89. The van der Waals surface area contributed by atoms with Crippen molar-refractivity contribution in [2.75, 3.05) is 19.9 Å². The SMILES string of the molecule is O=c1oc2c(CN3CCCCCC3)c(O)ccc2cc1-c1ccc2c(c1)OCO2. The van der Waals surface area contributed by atoms with E-state index >= 15 is 0 Å². The van der Waals surface area contributed by atoms with Gasteiger partial charge in [0.15, 0.2) is 11.5 Å². The van der Waals surface area contributed by atoms with Gasteiger partial charge in [-0.15, -0.1) is 0 Å². The topological polar surface area (TPSA) is 72.1 Å². The van der Waals surface area contributed by atoms with Crippen LogP contribution in [0.15, 0.2) is 45.6 Å². The Morgan fingerprint density at radius 2 is 1.72 bits per heavy atom. The van der Waals surface area contributed by atoms with Gasteiger partial charge in [0.1, 0.15) is 11.3 Å². The van der Waals surface area contributed by atoms with Crippen molar-refractivity contribution in [3.8, 4) is 28.4 Å². The number of phenols is 1. The molecule has 2 aliphatic rings. The number of aromatic hydroxyl groups is 1. The monoisotopic (exact) mass is 393 g/mol. The highest BCUT2D eigenvalue weighted by Crippen LogP contribution is 2.36. The molecule has 6 heteroatoms. The molecule has 5 rings (SSSR count). The number of rotatable bonds is 3. The van der Waals surface area contributed by atoms with Gasteiger partial charge in [-0.1, -0.05) is 18.9 Å². The second-order valence-corrected chi connectivity index (χ2v) is 7.69. The molecule has 0 atom stereocenters. The molecule has 0 aliphatic carbocycles. The van der Waals surface area contributed by atoms with E-state index in [1.165, 1.54) is 12.8 Å². The van der Waals surface area contributed by atoms with Gasteiger partial charge in [-0.25, -0.2) is 4.79 Å². The highest BCUT2D eigenvalue weighted by molar-refractivity contribution is 5.86. The third-order valence-electron chi connectivity index (χ3n) is 5.74. The second-order valence-electron chi connectivity index (χ2n) is 7.69. The number of hydrogen-bond acceptors (Lipinski definition) is 6.